The Bertz CT molecular complexity index is 593. The van der Waals surface area contributed by atoms with Crippen LogP contribution in [0.3, 0.4) is 0 Å². The van der Waals surface area contributed by atoms with Crippen molar-refractivity contribution in [3.05, 3.63) is 59.5 Å². The van der Waals surface area contributed by atoms with E-state index < -0.39 is 0 Å². The molecule has 1 heterocycles. The fourth-order valence-electron chi connectivity index (χ4n) is 2.21. The highest BCUT2D eigenvalue weighted by atomic mass is 32.2. The second kappa shape index (κ2) is 8.08. The van der Waals surface area contributed by atoms with Crippen LogP contribution >= 0.6 is 11.8 Å². The molecule has 1 aromatic carbocycles. The molecule has 0 saturated heterocycles. The molecule has 0 spiro atoms. The third kappa shape index (κ3) is 4.67. The Morgan fingerprint density at radius 2 is 2.00 bits per heavy atom. The molecule has 0 saturated carbocycles. The fraction of sp³-hybridized carbons (Fsp3) is 0.389. The Hall–Kier alpha value is -1.68. The van der Waals surface area contributed by atoms with Gasteiger partial charge in [0.1, 0.15) is 5.76 Å². The van der Waals surface area contributed by atoms with Crippen molar-refractivity contribution >= 4 is 17.7 Å². The summed E-state index contributed by atoms with van der Waals surface area (Å²) in [7, 11) is 0. The Kier molecular flexibility index (Phi) is 6.13. The maximum atomic E-state index is 12.4. The zero-order valence-corrected chi connectivity index (χ0v) is 14.2. The van der Waals surface area contributed by atoms with Gasteiger partial charge in [0.2, 0.25) is 5.91 Å². The summed E-state index contributed by atoms with van der Waals surface area (Å²) >= 11 is 1.70. The monoisotopic (exact) mass is 317 g/mol. The van der Waals surface area contributed by atoms with Gasteiger partial charge in [0.25, 0.3) is 0 Å². The van der Waals surface area contributed by atoms with Crippen LogP contribution in [0, 0.1) is 12.8 Å². The van der Waals surface area contributed by atoms with Gasteiger partial charge in [-0.3, -0.25) is 4.79 Å². The number of amides is 1. The van der Waals surface area contributed by atoms with Crippen LogP contribution in [0.1, 0.15) is 30.7 Å². The molecular weight excluding hydrogens is 294 g/mol. The topological polar surface area (TPSA) is 42.2 Å². The van der Waals surface area contributed by atoms with Gasteiger partial charge in [0.15, 0.2) is 0 Å². The van der Waals surface area contributed by atoms with Gasteiger partial charge >= 0.3 is 0 Å². The number of hydrogen-bond donors (Lipinski definition) is 1. The van der Waals surface area contributed by atoms with E-state index in [1.165, 1.54) is 11.1 Å². The minimum Gasteiger partial charge on any atom is -0.467 e. The molecular formula is C18H23NO2S. The van der Waals surface area contributed by atoms with Crippen LogP contribution in [0.5, 0.6) is 0 Å². The second-order valence-electron chi connectivity index (χ2n) is 5.70. The molecule has 1 amide bonds. The van der Waals surface area contributed by atoms with Crippen molar-refractivity contribution in [1.29, 1.82) is 0 Å². The van der Waals surface area contributed by atoms with Gasteiger partial charge in [-0.15, -0.1) is 11.8 Å². The maximum absolute atomic E-state index is 12.4. The van der Waals surface area contributed by atoms with Gasteiger partial charge in [-0.25, -0.2) is 0 Å². The van der Waals surface area contributed by atoms with E-state index in [0.717, 1.165) is 11.5 Å². The highest BCUT2D eigenvalue weighted by molar-refractivity contribution is 7.99. The number of rotatable bonds is 7. The molecule has 4 heteroatoms. The average molecular weight is 317 g/mol. The van der Waals surface area contributed by atoms with E-state index in [1.807, 2.05) is 24.3 Å². The summed E-state index contributed by atoms with van der Waals surface area (Å²) in [4.78, 5) is 12.4. The number of thioether (sulfide) groups is 1. The molecule has 2 rings (SSSR count). The minimum absolute atomic E-state index is 0.0606. The molecule has 1 atom stereocenters. The number of carbonyl (C=O) groups is 1. The molecule has 1 unspecified atom stereocenters. The number of furan rings is 1. The Morgan fingerprint density at radius 3 is 2.64 bits per heavy atom. The fourth-order valence-corrected chi connectivity index (χ4v) is 3.51. The number of benzene rings is 1. The first-order chi connectivity index (χ1) is 10.6. The molecule has 3 nitrogen and oxygen atoms in total. The average Bonchev–Trinajstić information content (AvgIpc) is 3.00. The van der Waals surface area contributed by atoms with Gasteiger partial charge < -0.3 is 9.73 Å². The van der Waals surface area contributed by atoms with Crippen LogP contribution in [-0.2, 0) is 17.1 Å². The van der Waals surface area contributed by atoms with E-state index in [-0.39, 0.29) is 17.1 Å². The quantitative estimate of drug-likeness (QED) is 0.833. The predicted molar refractivity (Wildman–Crippen MR) is 91.7 cm³/mol. The number of nitrogens with one attached hydrogen (secondary N) is 1. The first-order valence-electron chi connectivity index (χ1n) is 7.54. The summed E-state index contributed by atoms with van der Waals surface area (Å²) in [6.07, 6.45) is 1.62. The molecule has 0 aliphatic heterocycles. The first-order valence-corrected chi connectivity index (χ1v) is 8.59. The van der Waals surface area contributed by atoms with Crippen molar-refractivity contribution < 1.29 is 9.21 Å². The summed E-state index contributed by atoms with van der Waals surface area (Å²) in [5.74, 6) is 1.99. The Balaban J connectivity index is 1.91. The second-order valence-corrected chi connectivity index (χ2v) is 6.83. The van der Waals surface area contributed by atoms with Crippen molar-refractivity contribution in [3.63, 3.8) is 0 Å². The highest BCUT2D eigenvalue weighted by Gasteiger charge is 2.22. The molecule has 2 aromatic rings. The van der Waals surface area contributed by atoms with E-state index >= 15 is 0 Å². The molecule has 0 fully saturated rings. The third-order valence-corrected chi connectivity index (χ3v) is 5.16. The van der Waals surface area contributed by atoms with E-state index in [0.29, 0.717) is 6.54 Å². The van der Waals surface area contributed by atoms with Gasteiger partial charge in [-0.05, 0) is 36.1 Å². The van der Waals surface area contributed by atoms with Crippen molar-refractivity contribution in [1.82, 2.24) is 5.32 Å². The lowest BCUT2D eigenvalue weighted by atomic mass is 10.1. The van der Waals surface area contributed by atoms with Crippen molar-refractivity contribution in [3.8, 4) is 0 Å². The molecule has 0 aliphatic carbocycles. The summed E-state index contributed by atoms with van der Waals surface area (Å²) < 4.78 is 5.25. The van der Waals surface area contributed by atoms with Crippen molar-refractivity contribution in [2.24, 2.45) is 5.92 Å². The Labute approximate surface area is 136 Å². The van der Waals surface area contributed by atoms with E-state index in [4.69, 9.17) is 4.42 Å². The minimum atomic E-state index is -0.0606. The van der Waals surface area contributed by atoms with Crippen molar-refractivity contribution in [2.45, 2.75) is 38.3 Å². The highest BCUT2D eigenvalue weighted by Crippen LogP contribution is 2.25. The molecule has 1 N–H and O–H groups in total. The first kappa shape index (κ1) is 16.7. The zero-order chi connectivity index (χ0) is 15.9. The predicted octanol–water partition coefficient (Wildman–Crippen LogP) is 4.16. The number of carbonyl (C=O) groups excluding carboxylic acids is 1. The number of hydrogen-bond acceptors (Lipinski definition) is 3. The van der Waals surface area contributed by atoms with Crippen LogP contribution < -0.4 is 5.32 Å². The van der Waals surface area contributed by atoms with Gasteiger partial charge in [0.05, 0.1) is 18.1 Å². The largest absolute Gasteiger partial charge is 0.467 e. The summed E-state index contributed by atoms with van der Waals surface area (Å²) in [5, 5.41) is 2.90. The van der Waals surface area contributed by atoms with Crippen molar-refractivity contribution in [2.75, 3.05) is 0 Å². The summed E-state index contributed by atoms with van der Waals surface area (Å²) in [5.41, 5.74) is 2.56. The smallest absolute Gasteiger partial charge is 0.233 e. The molecule has 22 heavy (non-hydrogen) atoms. The molecule has 0 aliphatic rings. The van der Waals surface area contributed by atoms with Crippen LogP contribution in [0.4, 0.5) is 0 Å². The van der Waals surface area contributed by atoms with Crippen LogP contribution in [0.15, 0.2) is 47.1 Å². The van der Waals surface area contributed by atoms with Crippen LogP contribution in [-0.4, -0.2) is 11.2 Å². The molecule has 0 bridgehead atoms. The summed E-state index contributed by atoms with van der Waals surface area (Å²) in [6, 6.07) is 12.0. The van der Waals surface area contributed by atoms with Gasteiger partial charge in [-0.2, -0.15) is 0 Å². The number of aryl methyl sites for hydroxylation is 1. The van der Waals surface area contributed by atoms with E-state index in [9.17, 15) is 4.79 Å². The van der Waals surface area contributed by atoms with Gasteiger partial charge in [0, 0.05) is 5.75 Å². The van der Waals surface area contributed by atoms with Crippen LogP contribution in [0.2, 0.25) is 0 Å². The lowest BCUT2D eigenvalue weighted by Crippen LogP contribution is -2.35. The zero-order valence-electron chi connectivity index (χ0n) is 13.3. The molecule has 118 valence electrons. The lowest BCUT2D eigenvalue weighted by Gasteiger charge is -2.20. The SMILES string of the molecule is Cc1ccccc1CSC(C(=O)NCc1ccco1)C(C)C. The van der Waals surface area contributed by atoms with Gasteiger partial charge in [-0.1, -0.05) is 38.1 Å². The summed E-state index contributed by atoms with van der Waals surface area (Å²) in [6.45, 7) is 6.72. The third-order valence-electron chi connectivity index (χ3n) is 3.56. The van der Waals surface area contributed by atoms with Crippen LogP contribution in [0.25, 0.3) is 0 Å². The lowest BCUT2D eigenvalue weighted by molar-refractivity contribution is -0.121. The normalized spacial score (nSPS) is 12.4. The maximum Gasteiger partial charge on any atom is 0.233 e. The molecule has 1 aromatic heterocycles. The molecule has 0 radical (unpaired) electrons. The van der Waals surface area contributed by atoms with E-state index in [2.05, 4.69) is 38.2 Å². The Morgan fingerprint density at radius 1 is 1.23 bits per heavy atom. The van der Waals surface area contributed by atoms with E-state index in [1.54, 1.807) is 18.0 Å². The standard InChI is InChI=1S/C18H23NO2S/c1-13(2)17(18(20)19-11-16-9-6-10-21-16)22-12-15-8-5-4-7-14(15)3/h4-10,13,17H,11-12H2,1-3H3,(H,19,20).